The third kappa shape index (κ3) is 6.86. The molecule has 2 saturated heterocycles. The minimum atomic E-state index is -4.21. The molecule has 0 aliphatic carbocycles. The number of alkyl halides is 3. The van der Waals surface area contributed by atoms with Gasteiger partial charge in [-0.25, -0.2) is 0 Å². The first-order chi connectivity index (χ1) is 13.9. The van der Waals surface area contributed by atoms with E-state index in [1.807, 2.05) is 0 Å². The molecule has 176 valence electrons. The summed E-state index contributed by atoms with van der Waals surface area (Å²) < 4.78 is 42.5. The van der Waals surface area contributed by atoms with Crippen LogP contribution < -0.4 is 10.6 Å². The van der Waals surface area contributed by atoms with Crippen molar-refractivity contribution in [2.45, 2.75) is 79.2 Å². The number of aliphatic hydroxyl groups excluding tert-OH is 4. The Hall–Kier alpha value is -0.280. The molecule has 0 aromatic heterocycles. The van der Waals surface area contributed by atoms with E-state index in [0.29, 0.717) is 13.0 Å². The number of nitrogens with one attached hydrogen (secondary N) is 2. The highest BCUT2D eigenvalue weighted by atomic mass is 32.2. The van der Waals surface area contributed by atoms with Gasteiger partial charge in [0, 0.05) is 17.5 Å². The van der Waals surface area contributed by atoms with Crippen LogP contribution in [0.3, 0.4) is 0 Å². The van der Waals surface area contributed by atoms with Gasteiger partial charge in [0.1, 0.15) is 29.9 Å². The first kappa shape index (κ1) is 26.0. The van der Waals surface area contributed by atoms with Crippen LogP contribution in [0.25, 0.3) is 0 Å². The summed E-state index contributed by atoms with van der Waals surface area (Å²) in [6.45, 7) is 1.77. The van der Waals surface area contributed by atoms with Crippen LogP contribution in [0.15, 0.2) is 0 Å². The second-order valence-electron chi connectivity index (χ2n) is 7.51. The van der Waals surface area contributed by atoms with Gasteiger partial charge in [0.25, 0.3) is 0 Å². The largest absolute Gasteiger partial charge is 0.391 e. The Morgan fingerprint density at radius 2 is 1.93 bits per heavy atom. The summed E-state index contributed by atoms with van der Waals surface area (Å²) in [6.07, 6.45) is -9.83. The van der Waals surface area contributed by atoms with E-state index in [1.54, 1.807) is 6.26 Å². The smallest absolute Gasteiger partial charge is 0.389 e. The predicted molar refractivity (Wildman–Crippen MR) is 107 cm³/mol. The zero-order chi connectivity index (χ0) is 22.6. The molecule has 2 aliphatic heterocycles. The highest BCUT2D eigenvalue weighted by Gasteiger charge is 2.48. The van der Waals surface area contributed by atoms with E-state index in [4.69, 9.17) is 4.74 Å². The van der Waals surface area contributed by atoms with Gasteiger partial charge >= 0.3 is 6.18 Å². The summed E-state index contributed by atoms with van der Waals surface area (Å²) >= 11 is 2.26. The molecule has 9 atom stereocenters. The fourth-order valence-electron chi connectivity index (χ4n) is 3.48. The van der Waals surface area contributed by atoms with Gasteiger partial charge in [0.15, 0.2) is 0 Å². The van der Waals surface area contributed by atoms with E-state index in [2.05, 4.69) is 10.6 Å². The summed E-state index contributed by atoms with van der Waals surface area (Å²) in [5.74, 6) is -0.573. The van der Waals surface area contributed by atoms with Crippen molar-refractivity contribution in [2.75, 3.05) is 18.6 Å². The molecule has 30 heavy (non-hydrogen) atoms. The van der Waals surface area contributed by atoms with Crippen LogP contribution in [0, 0.1) is 0 Å². The Morgan fingerprint density at radius 3 is 2.50 bits per heavy atom. The molecule has 2 rings (SSSR count). The molecule has 0 aromatic carbocycles. The molecular weight excluding hydrogens is 449 g/mol. The minimum absolute atomic E-state index is 0.0844. The Labute approximate surface area is 181 Å². The Balaban J connectivity index is 1.94. The number of ether oxygens (including phenoxy) is 1. The number of carbonyl (C=O) groups excluding carboxylic acids is 1. The first-order valence-corrected chi connectivity index (χ1v) is 11.9. The van der Waals surface area contributed by atoms with Crippen molar-refractivity contribution in [1.82, 2.24) is 10.6 Å². The number of aliphatic hydroxyl groups is 4. The van der Waals surface area contributed by atoms with Gasteiger partial charge in [-0.1, -0.05) is 0 Å². The maximum atomic E-state index is 12.7. The molecule has 0 bridgehead atoms. The number of hydrogen-bond acceptors (Lipinski definition) is 9. The van der Waals surface area contributed by atoms with E-state index >= 15 is 0 Å². The molecule has 0 unspecified atom stereocenters. The fourth-order valence-corrected chi connectivity index (χ4v) is 5.38. The average molecular weight is 479 g/mol. The molecule has 2 aliphatic rings. The summed E-state index contributed by atoms with van der Waals surface area (Å²) in [5.41, 5.74) is -0.856. The van der Waals surface area contributed by atoms with Crippen molar-refractivity contribution in [3.8, 4) is 0 Å². The maximum Gasteiger partial charge on any atom is 0.389 e. The Bertz CT molecular complexity index is 572. The van der Waals surface area contributed by atoms with Crippen molar-refractivity contribution in [3.05, 3.63) is 0 Å². The molecule has 0 saturated carbocycles. The minimum Gasteiger partial charge on any atom is -0.391 e. The SMILES string of the molecule is CS[C@H]1O[C@H]([C@H](NC(=O)[C@@H]2C[C@H](SCCC(F)(F)F)CN2)[C@@H](C)O)[C@H](O)[C@H](O)[C@H]1O. The summed E-state index contributed by atoms with van der Waals surface area (Å²) in [4.78, 5) is 12.7. The van der Waals surface area contributed by atoms with Crippen LogP contribution >= 0.6 is 23.5 Å². The summed E-state index contributed by atoms with van der Waals surface area (Å²) in [6, 6.07) is -1.73. The molecule has 2 fully saturated rings. The van der Waals surface area contributed by atoms with Gasteiger partial charge in [-0.2, -0.15) is 24.9 Å². The summed E-state index contributed by atoms with van der Waals surface area (Å²) in [7, 11) is 0. The van der Waals surface area contributed by atoms with Gasteiger partial charge < -0.3 is 35.8 Å². The van der Waals surface area contributed by atoms with Crippen LogP contribution in [0.2, 0.25) is 0 Å². The van der Waals surface area contributed by atoms with Gasteiger partial charge in [0.05, 0.1) is 24.6 Å². The van der Waals surface area contributed by atoms with Crippen LogP contribution in [0.1, 0.15) is 19.8 Å². The second kappa shape index (κ2) is 11.0. The molecular formula is C17H29F3N2O6S2. The van der Waals surface area contributed by atoms with Crippen LogP contribution in [-0.4, -0.2) is 104 Å². The Kier molecular flexibility index (Phi) is 9.55. The lowest BCUT2D eigenvalue weighted by molar-refractivity contribution is -0.211. The lowest BCUT2D eigenvalue weighted by Gasteiger charge is -2.44. The molecule has 1 amide bonds. The molecule has 0 spiro atoms. The van der Waals surface area contributed by atoms with Crippen LogP contribution in [0.5, 0.6) is 0 Å². The van der Waals surface area contributed by atoms with Crippen molar-refractivity contribution < 1.29 is 43.1 Å². The topological polar surface area (TPSA) is 131 Å². The van der Waals surface area contributed by atoms with E-state index in [0.717, 1.165) is 23.5 Å². The van der Waals surface area contributed by atoms with Gasteiger partial charge in [-0.3, -0.25) is 4.79 Å². The average Bonchev–Trinajstić information content (AvgIpc) is 3.12. The molecule has 6 N–H and O–H groups in total. The van der Waals surface area contributed by atoms with Crippen LogP contribution in [-0.2, 0) is 9.53 Å². The van der Waals surface area contributed by atoms with Gasteiger partial charge in [-0.15, -0.1) is 11.8 Å². The second-order valence-corrected chi connectivity index (χ2v) is 9.85. The van der Waals surface area contributed by atoms with Crippen molar-refractivity contribution in [3.63, 3.8) is 0 Å². The van der Waals surface area contributed by atoms with E-state index in [9.17, 15) is 38.4 Å². The normalized spacial score (nSPS) is 37.0. The van der Waals surface area contributed by atoms with Crippen molar-refractivity contribution in [1.29, 1.82) is 0 Å². The number of hydrogen-bond donors (Lipinski definition) is 6. The van der Waals surface area contributed by atoms with E-state index in [1.165, 1.54) is 6.92 Å². The zero-order valence-corrected chi connectivity index (χ0v) is 18.2. The molecule has 0 aromatic rings. The molecule has 0 radical (unpaired) electrons. The van der Waals surface area contributed by atoms with Gasteiger partial charge in [-0.05, 0) is 19.6 Å². The monoisotopic (exact) mass is 478 g/mol. The number of thioether (sulfide) groups is 2. The third-order valence-corrected chi connectivity index (χ3v) is 7.29. The number of carbonyl (C=O) groups is 1. The lowest BCUT2D eigenvalue weighted by Crippen LogP contribution is -2.65. The number of rotatable bonds is 8. The number of amides is 1. The van der Waals surface area contributed by atoms with Crippen molar-refractivity contribution in [2.24, 2.45) is 0 Å². The molecule has 2 heterocycles. The first-order valence-electron chi connectivity index (χ1n) is 9.57. The summed E-state index contributed by atoms with van der Waals surface area (Å²) in [5, 5.41) is 45.9. The zero-order valence-electron chi connectivity index (χ0n) is 16.6. The Morgan fingerprint density at radius 1 is 1.27 bits per heavy atom. The van der Waals surface area contributed by atoms with Gasteiger partial charge in [0.2, 0.25) is 5.91 Å². The third-order valence-electron chi connectivity index (χ3n) is 5.17. The molecule has 8 nitrogen and oxygen atoms in total. The lowest BCUT2D eigenvalue weighted by atomic mass is 9.92. The quantitative estimate of drug-likeness (QED) is 0.272. The predicted octanol–water partition coefficient (Wildman–Crippen LogP) is -0.561. The highest BCUT2D eigenvalue weighted by Crippen LogP contribution is 2.30. The standard InChI is InChI=1S/C17H29F3N2O6S2/c1-7(23)10(14-12(25)11(24)13(26)16(28-14)29-2)22-15(27)9-5-8(6-21-9)30-4-3-17(18,19)20/h7-14,16,21,23-26H,3-6H2,1-2H3,(H,22,27)/t7-,8+,9+,10-,11+,12-,13-,14-,16-/m1/s1. The molecule has 13 heteroatoms. The number of halogens is 3. The van der Waals surface area contributed by atoms with Crippen molar-refractivity contribution >= 4 is 29.4 Å². The fraction of sp³-hybridized carbons (Fsp3) is 0.941. The van der Waals surface area contributed by atoms with E-state index in [-0.39, 0.29) is 11.0 Å². The van der Waals surface area contributed by atoms with E-state index < -0.39 is 66.5 Å². The highest BCUT2D eigenvalue weighted by molar-refractivity contribution is 8.00. The van der Waals surface area contributed by atoms with Crippen LogP contribution in [0.4, 0.5) is 13.2 Å². The maximum absolute atomic E-state index is 12.7.